The van der Waals surface area contributed by atoms with E-state index >= 15 is 0 Å². The van der Waals surface area contributed by atoms with Gasteiger partial charge >= 0.3 is 0 Å². The SMILES string of the molecule is Nc1cc(/C=C/C(=O)Nc2ccc(Cl)cc2)ccc1F. The van der Waals surface area contributed by atoms with Crippen molar-refractivity contribution in [2.75, 3.05) is 11.1 Å². The van der Waals surface area contributed by atoms with Crippen molar-refractivity contribution in [3.63, 3.8) is 0 Å². The Balaban J connectivity index is 2.01. The number of nitrogen functional groups attached to an aromatic ring is 1. The first-order chi connectivity index (χ1) is 9.54. The Kier molecular flexibility index (Phi) is 4.38. The van der Waals surface area contributed by atoms with Crippen molar-refractivity contribution in [3.05, 3.63) is 64.9 Å². The van der Waals surface area contributed by atoms with Crippen LogP contribution in [0, 0.1) is 5.82 Å². The highest BCUT2D eigenvalue weighted by molar-refractivity contribution is 6.30. The standard InChI is InChI=1S/C15H12ClFN2O/c16-11-3-5-12(6-4-11)19-15(20)8-2-10-1-7-13(17)14(18)9-10/h1-9H,18H2,(H,19,20)/b8-2+. The Morgan fingerprint density at radius 3 is 2.55 bits per heavy atom. The molecule has 3 N–H and O–H groups in total. The van der Waals surface area contributed by atoms with E-state index in [1.165, 1.54) is 24.3 Å². The number of benzene rings is 2. The fraction of sp³-hybridized carbons (Fsp3) is 0. The molecule has 2 aromatic rings. The first kappa shape index (κ1) is 14.1. The average molecular weight is 291 g/mol. The molecule has 0 atom stereocenters. The van der Waals surface area contributed by atoms with Crippen molar-refractivity contribution < 1.29 is 9.18 Å². The van der Waals surface area contributed by atoms with Crippen molar-refractivity contribution in [1.29, 1.82) is 0 Å². The molecule has 0 radical (unpaired) electrons. The summed E-state index contributed by atoms with van der Waals surface area (Å²) in [7, 11) is 0. The zero-order chi connectivity index (χ0) is 14.5. The summed E-state index contributed by atoms with van der Waals surface area (Å²) in [6.07, 6.45) is 2.91. The van der Waals surface area contributed by atoms with E-state index in [9.17, 15) is 9.18 Å². The Bertz CT molecular complexity index is 653. The Morgan fingerprint density at radius 2 is 1.90 bits per heavy atom. The first-order valence-electron chi connectivity index (χ1n) is 5.84. The second kappa shape index (κ2) is 6.21. The van der Waals surface area contributed by atoms with E-state index in [-0.39, 0.29) is 11.6 Å². The van der Waals surface area contributed by atoms with Gasteiger partial charge in [0.2, 0.25) is 5.91 Å². The molecule has 102 valence electrons. The second-order valence-corrected chi connectivity index (χ2v) is 4.55. The number of carbonyl (C=O) groups excluding carboxylic acids is 1. The van der Waals surface area contributed by atoms with Crippen molar-refractivity contribution in [2.24, 2.45) is 0 Å². The topological polar surface area (TPSA) is 55.1 Å². The van der Waals surface area contributed by atoms with Crippen molar-refractivity contribution in [1.82, 2.24) is 0 Å². The molecule has 0 aromatic heterocycles. The third-order valence-electron chi connectivity index (χ3n) is 2.56. The molecule has 0 bridgehead atoms. The van der Waals surface area contributed by atoms with E-state index < -0.39 is 5.82 Å². The minimum atomic E-state index is -0.479. The quantitative estimate of drug-likeness (QED) is 0.669. The summed E-state index contributed by atoms with van der Waals surface area (Å²) in [4.78, 5) is 11.7. The van der Waals surface area contributed by atoms with E-state index in [4.69, 9.17) is 17.3 Å². The van der Waals surface area contributed by atoms with Gasteiger partial charge in [-0.3, -0.25) is 4.79 Å². The van der Waals surface area contributed by atoms with Gasteiger partial charge in [0.25, 0.3) is 0 Å². The lowest BCUT2D eigenvalue weighted by Gasteiger charge is -2.02. The van der Waals surface area contributed by atoms with Crippen LogP contribution in [0.3, 0.4) is 0 Å². The molecule has 0 unspecified atom stereocenters. The highest BCUT2D eigenvalue weighted by Crippen LogP contribution is 2.15. The smallest absolute Gasteiger partial charge is 0.248 e. The number of nitrogens with two attached hydrogens (primary N) is 1. The number of carbonyl (C=O) groups is 1. The summed E-state index contributed by atoms with van der Waals surface area (Å²) in [5.74, 6) is -0.775. The Morgan fingerprint density at radius 1 is 1.20 bits per heavy atom. The number of hydrogen-bond acceptors (Lipinski definition) is 2. The molecule has 1 amide bonds. The molecule has 0 aliphatic carbocycles. The number of hydrogen-bond donors (Lipinski definition) is 2. The van der Waals surface area contributed by atoms with Crippen molar-refractivity contribution in [2.45, 2.75) is 0 Å². The van der Waals surface area contributed by atoms with Crippen LogP contribution < -0.4 is 11.1 Å². The summed E-state index contributed by atoms with van der Waals surface area (Å²) >= 11 is 5.75. The lowest BCUT2D eigenvalue weighted by Crippen LogP contribution is -2.07. The summed E-state index contributed by atoms with van der Waals surface area (Å²) in [6, 6.07) is 11.0. The minimum Gasteiger partial charge on any atom is -0.396 e. The van der Waals surface area contributed by atoms with Gasteiger partial charge in [0.05, 0.1) is 5.69 Å². The van der Waals surface area contributed by atoms with Gasteiger partial charge in [-0.25, -0.2) is 4.39 Å². The molecule has 0 heterocycles. The van der Waals surface area contributed by atoms with E-state index in [0.717, 1.165) is 0 Å². The molecular weight excluding hydrogens is 279 g/mol. The maximum absolute atomic E-state index is 13.0. The van der Waals surface area contributed by atoms with Gasteiger partial charge in [0.1, 0.15) is 5.82 Å². The summed E-state index contributed by atoms with van der Waals surface area (Å²) in [5.41, 5.74) is 6.78. The molecule has 0 aliphatic heterocycles. The molecule has 0 spiro atoms. The largest absolute Gasteiger partial charge is 0.396 e. The van der Waals surface area contributed by atoms with Crippen LogP contribution in [-0.4, -0.2) is 5.91 Å². The van der Waals surface area contributed by atoms with Crippen LogP contribution in [0.5, 0.6) is 0 Å². The van der Waals surface area contributed by atoms with Crippen LogP contribution in [0.1, 0.15) is 5.56 Å². The summed E-state index contributed by atoms with van der Waals surface area (Å²) < 4.78 is 13.0. The number of amides is 1. The molecule has 20 heavy (non-hydrogen) atoms. The van der Waals surface area contributed by atoms with Crippen LogP contribution in [-0.2, 0) is 4.79 Å². The zero-order valence-corrected chi connectivity index (χ0v) is 11.2. The van der Waals surface area contributed by atoms with Gasteiger partial charge in [-0.05, 0) is 48.0 Å². The molecule has 0 aliphatic rings. The van der Waals surface area contributed by atoms with Gasteiger partial charge in [0.15, 0.2) is 0 Å². The molecule has 5 heteroatoms. The van der Waals surface area contributed by atoms with Crippen LogP contribution in [0.15, 0.2) is 48.5 Å². The molecule has 3 nitrogen and oxygen atoms in total. The Labute approximate surface area is 120 Å². The summed E-state index contributed by atoms with van der Waals surface area (Å²) in [5, 5.41) is 3.27. The average Bonchev–Trinajstić information content (AvgIpc) is 2.43. The normalized spacial score (nSPS) is 10.7. The minimum absolute atomic E-state index is 0.0465. The Hall–Kier alpha value is -2.33. The second-order valence-electron chi connectivity index (χ2n) is 4.11. The van der Waals surface area contributed by atoms with E-state index in [2.05, 4.69) is 5.32 Å². The van der Waals surface area contributed by atoms with Gasteiger partial charge in [0, 0.05) is 16.8 Å². The third-order valence-corrected chi connectivity index (χ3v) is 2.81. The lowest BCUT2D eigenvalue weighted by atomic mass is 10.2. The maximum atomic E-state index is 13.0. The number of anilines is 2. The molecule has 0 saturated heterocycles. The van der Waals surface area contributed by atoms with Crippen molar-refractivity contribution in [3.8, 4) is 0 Å². The molecule has 0 fully saturated rings. The highest BCUT2D eigenvalue weighted by atomic mass is 35.5. The van der Waals surface area contributed by atoms with E-state index in [1.807, 2.05) is 0 Å². The monoisotopic (exact) mass is 290 g/mol. The predicted octanol–water partition coefficient (Wildman–Crippen LogP) is 3.71. The van der Waals surface area contributed by atoms with Crippen LogP contribution in [0.25, 0.3) is 6.08 Å². The molecule has 2 rings (SSSR count). The van der Waals surface area contributed by atoms with Gasteiger partial charge < -0.3 is 11.1 Å². The number of halogens is 2. The first-order valence-corrected chi connectivity index (χ1v) is 6.22. The van der Waals surface area contributed by atoms with Crippen LogP contribution >= 0.6 is 11.6 Å². The van der Waals surface area contributed by atoms with Crippen LogP contribution in [0.4, 0.5) is 15.8 Å². The van der Waals surface area contributed by atoms with Crippen molar-refractivity contribution >= 4 is 35.0 Å². The fourth-order valence-electron chi connectivity index (χ4n) is 1.55. The number of nitrogens with one attached hydrogen (secondary N) is 1. The number of rotatable bonds is 3. The lowest BCUT2D eigenvalue weighted by molar-refractivity contribution is -0.111. The zero-order valence-electron chi connectivity index (χ0n) is 10.4. The maximum Gasteiger partial charge on any atom is 0.248 e. The molecule has 0 saturated carbocycles. The van der Waals surface area contributed by atoms with E-state index in [0.29, 0.717) is 16.3 Å². The fourth-order valence-corrected chi connectivity index (χ4v) is 1.68. The molecule has 2 aromatic carbocycles. The van der Waals surface area contributed by atoms with Gasteiger partial charge in [-0.15, -0.1) is 0 Å². The van der Waals surface area contributed by atoms with E-state index in [1.54, 1.807) is 30.3 Å². The highest BCUT2D eigenvalue weighted by Gasteiger charge is 2.00. The molecular formula is C15H12ClFN2O. The van der Waals surface area contributed by atoms with Gasteiger partial charge in [-0.2, -0.15) is 0 Å². The third kappa shape index (κ3) is 3.83. The summed E-state index contributed by atoms with van der Waals surface area (Å²) in [6.45, 7) is 0. The van der Waals surface area contributed by atoms with Crippen LogP contribution in [0.2, 0.25) is 5.02 Å². The van der Waals surface area contributed by atoms with Gasteiger partial charge in [-0.1, -0.05) is 17.7 Å². The predicted molar refractivity (Wildman–Crippen MR) is 79.9 cm³/mol.